The number of rotatable bonds is 8. The molecule has 2 fully saturated rings. The van der Waals surface area contributed by atoms with Crippen molar-refractivity contribution in [2.45, 2.75) is 51.4 Å². The molecular formula is C25H36N4O2. The largest absolute Gasteiger partial charge is 0.361 e. The maximum absolute atomic E-state index is 12.7. The van der Waals surface area contributed by atoms with Gasteiger partial charge >= 0.3 is 0 Å². The zero-order valence-electron chi connectivity index (χ0n) is 18.6. The van der Waals surface area contributed by atoms with E-state index in [2.05, 4.69) is 27.3 Å². The van der Waals surface area contributed by atoms with Crippen molar-refractivity contribution in [1.29, 1.82) is 0 Å². The Bertz CT molecular complexity index is 863. The van der Waals surface area contributed by atoms with Crippen LogP contribution in [0.15, 0.2) is 30.5 Å². The lowest BCUT2D eigenvalue weighted by Gasteiger charge is -2.31. The summed E-state index contributed by atoms with van der Waals surface area (Å²) in [6.45, 7) is 5.65. The molecule has 2 aliphatic rings. The number of carbonyl (C=O) groups is 2. The van der Waals surface area contributed by atoms with Gasteiger partial charge in [0.1, 0.15) is 0 Å². The highest BCUT2D eigenvalue weighted by Crippen LogP contribution is 2.21. The molecule has 1 aromatic heterocycles. The molecule has 6 heteroatoms. The third kappa shape index (κ3) is 5.88. The lowest BCUT2D eigenvalue weighted by Crippen LogP contribution is -2.43. The average molecular weight is 425 g/mol. The van der Waals surface area contributed by atoms with Gasteiger partial charge in [0.2, 0.25) is 11.8 Å². The zero-order chi connectivity index (χ0) is 21.5. The predicted octanol–water partition coefficient (Wildman–Crippen LogP) is 3.33. The van der Waals surface area contributed by atoms with Crippen LogP contribution in [0.2, 0.25) is 0 Å². The summed E-state index contributed by atoms with van der Waals surface area (Å²) in [4.78, 5) is 32.9. The minimum atomic E-state index is 0.0488. The van der Waals surface area contributed by atoms with E-state index in [1.807, 2.05) is 23.2 Å². The van der Waals surface area contributed by atoms with Crippen molar-refractivity contribution in [1.82, 2.24) is 20.1 Å². The maximum atomic E-state index is 12.7. The monoisotopic (exact) mass is 424 g/mol. The van der Waals surface area contributed by atoms with E-state index in [0.29, 0.717) is 19.5 Å². The molecule has 2 amide bonds. The number of fused-ring (bicyclic) bond motifs is 1. The zero-order valence-corrected chi connectivity index (χ0v) is 18.6. The van der Waals surface area contributed by atoms with Crippen LogP contribution < -0.4 is 5.32 Å². The smallest absolute Gasteiger partial charge is 0.223 e. The summed E-state index contributed by atoms with van der Waals surface area (Å²) in [5.41, 5.74) is 2.32. The van der Waals surface area contributed by atoms with Gasteiger partial charge in [0.25, 0.3) is 0 Å². The number of carbonyl (C=O) groups excluding carboxylic acids is 2. The number of aromatic nitrogens is 1. The van der Waals surface area contributed by atoms with Crippen LogP contribution in [0.25, 0.3) is 10.9 Å². The highest BCUT2D eigenvalue weighted by molar-refractivity contribution is 5.84. The van der Waals surface area contributed by atoms with Crippen molar-refractivity contribution < 1.29 is 9.59 Å². The number of likely N-dealkylation sites (tertiary alicyclic amines) is 2. The van der Waals surface area contributed by atoms with Gasteiger partial charge in [0.05, 0.1) is 0 Å². The quantitative estimate of drug-likeness (QED) is 0.639. The fourth-order valence-electron chi connectivity index (χ4n) is 4.97. The summed E-state index contributed by atoms with van der Waals surface area (Å²) in [5.74, 6) is 0.419. The summed E-state index contributed by atoms with van der Waals surface area (Å²) >= 11 is 0. The average Bonchev–Trinajstić information content (AvgIpc) is 3.24. The third-order valence-electron chi connectivity index (χ3n) is 6.90. The fourth-order valence-corrected chi connectivity index (χ4v) is 4.97. The van der Waals surface area contributed by atoms with Crippen LogP contribution in [0, 0.1) is 5.92 Å². The Kier molecular flexibility index (Phi) is 7.62. The van der Waals surface area contributed by atoms with Gasteiger partial charge in [0, 0.05) is 49.1 Å². The van der Waals surface area contributed by atoms with Crippen molar-refractivity contribution in [2.24, 2.45) is 5.92 Å². The summed E-state index contributed by atoms with van der Waals surface area (Å²) < 4.78 is 0. The second-order valence-corrected chi connectivity index (χ2v) is 9.06. The Morgan fingerprint density at radius 2 is 1.81 bits per heavy atom. The van der Waals surface area contributed by atoms with Gasteiger partial charge in [-0.1, -0.05) is 24.6 Å². The normalized spacial score (nSPS) is 18.4. The number of H-pyrrole nitrogens is 1. The number of para-hydroxylation sites is 1. The molecule has 2 saturated heterocycles. The molecule has 31 heavy (non-hydrogen) atoms. The Morgan fingerprint density at radius 3 is 2.61 bits per heavy atom. The Labute approximate surface area is 185 Å². The first-order chi connectivity index (χ1) is 15.2. The van der Waals surface area contributed by atoms with Crippen LogP contribution in [0.1, 0.15) is 50.5 Å². The molecule has 3 heterocycles. The fraction of sp³-hybridized carbons (Fsp3) is 0.600. The van der Waals surface area contributed by atoms with Crippen LogP contribution in [0.4, 0.5) is 0 Å². The molecule has 1 aromatic carbocycles. The lowest BCUT2D eigenvalue weighted by molar-refractivity contribution is -0.135. The van der Waals surface area contributed by atoms with Crippen molar-refractivity contribution in [3.8, 4) is 0 Å². The molecule has 0 radical (unpaired) electrons. The van der Waals surface area contributed by atoms with Gasteiger partial charge < -0.3 is 20.1 Å². The molecule has 0 saturated carbocycles. The number of piperidine rings is 2. The lowest BCUT2D eigenvalue weighted by atomic mass is 9.95. The first-order valence-corrected chi connectivity index (χ1v) is 12.0. The molecule has 0 aliphatic carbocycles. The Morgan fingerprint density at radius 1 is 1.03 bits per heavy atom. The minimum absolute atomic E-state index is 0.0488. The molecule has 2 aliphatic heterocycles. The topological polar surface area (TPSA) is 68.4 Å². The number of nitrogens with zero attached hydrogens (tertiary/aromatic N) is 2. The van der Waals surface area contributed by atoms with E-state index in [9.17, 15) is 9.59 Å². The first-order valence-electron chi connectivity index (χ1n) is 12.0. The summed E-state index contributed by atoms with van der Waals surface area (Å²) in [6, 6.07) is 8.21. The van der Waals surface area contributed by atoms with Crippen molar-refractivity contribution >= 4 is 22.7 Å². The Hall–Kier alpha value is -2.34. The van der Waals surface area contributed by atoms with Crippen LogP contribution in [0.5, 0.6) is 0 Å². The predicted molar refractivity (Wildman–Crippen MR) is 124 cm³/mol. The van der Waals surface area contributed by atoms with Crippen LogP contribution in [0.3, 0.4) is 0 Å². The molecule has 0 spiro atoms. The Balaban J connectivity index is 1.13. The first kappa shape index (κ1) is 21.9. The van der Waals surface area contributed by atoms with Crippen molar-refractivity contribution in [3.63, 3.8) is 0 Å². The molecule has 2 N–H and O–H groups in total. The van der Waals surface area contributed by atoms with Crippen LogP contribution in [-0.2, 0) is 16.0 Å². The molecule has 0 unspecified atom stereocenters. The van der Waals surface area contributed by atoms with Crippen molar-refractivity contribution in [3.05, 3.63) is 36.0 Å². The highest BCUT2D eigenvalue weighted by Gasteiger charge is 2.27. The molecular weight excluding hydrogens is 388 g/mol. The molecule has 6 nitrogen and oxygen atoms in total. The highest BCUT2D eigenvalue weighted by atomic mass is 16.2. The second kappa shape index (κ2) is 10.8. The van der Waals surface area contributed by atoms with Gasteiger partial charge in [-0.2, -0.15) is 0 Å². The third-order valence-corrected chi connectivity index (χ3v) is 6.90. The van der Waals surface area contributed by atoms with E-state index in [-0.39, 0.29) is 17.7 Å². The number of hydrogen-bond acceptors (Lipinski definition) is 3. The van der Waals surface area contributed by atoms with Crippen LogP contribution >= 0.6 is 0 Å². The van der Waals surface area contributed by atoms with Crippen LogP contribution in [-0.4, -0.2) is 65.9 Å². The number of benzene rings is 1. The van der Waals surface area contributed by atoms with Gasteiger partial charge in [-0.15, -0.1) is 0 Å². The van der Waals surface area contributed by atoms with Crippen molar-refractivity contribution in [2.75, 3.05) is 39.3 Å². The molecule has 0 atom stereocenters. The van der Waals surface area contributed by atoms with Gasteiger partial charge in [0.15, 0.2) is 0 Å². The molecule has 0 bridgehead atoms. The standard InChI is InChI=1S/C25H36N4O2/c30-24(10-9-21-19-27-23-8-3-2-7-22(21)23)29-17-11-20(12-18-29)25(31)26-13-6-16-28-14-4-1-5-15-28/h2-3,7-8,19-20,27H,1,4-6,9-18H2,(H,26,31). The van der Waals surface area contributed by atoms with E-state index >= 15 is 0 Å². The molecule has 4 rings (SSSR count). The van der Waals surface area contributed by atoms with Gasteiger partial charge in [-0.25, -0.2) is 0 Å². The van der Waals surface area contributed by atoms with E-state index in [0.717, 1.165) is 44.3 Å². The maximum Gasteiger partial charge on any atom is 0.223 e. The summed E-state index contributed by atoms with van der Waals surface area (Å²) in [7, 11) is 0. The number of hydrogen-bond donors (Lipinski definition) is 2. The summed E-state index contributed by atoms with van der Waals surface area (Å²) in [5, 5.41) is 4.32. The second-order valence-electron chi connectivity index (χ2n) is 9.06. The number of aryl methyl sites for hydroxylation is 1. The van der Waals surface area contributed by atoms with E-state index in [1.165, 1.54) is 43.3 Å². The number of amides is 2. The SMILES string of the molecule is O=C(NCCCN1CCCCC1)C1CCN(C(=O)CCc2c[nH]c3ccccc23)CC1. The number of aromatic amines is 1. The molecule has 168 valence electrons. The van der Waals surface area contributed by atoms with Gasteiger partial charge in [-0.05, 0) is 69.8 Å². The molecule has 2 aromatic rings. The van der Waals surface area contributed by atoms with E-state index in [1.54, 1.807) is 0 Å². The van der Waals surface area contributed by atoms with E-state index in [4.69, 9.17) is 0 Å². The minimum Gasteiger partial charge on any atom is -0.361 e. The number of nitrogens with one attached hydrogen (secondary N) is 2. The van der Waals surface area contributed by atoms with Gasteiger partial charge in [-0.3, -0.25) is 9.59 Å². The van der Waals surface area contributed by atoms with E-state index < -0.39 is 0 Å². The summed E-state index contributed by atoms with van der Waals surface area (Å²) in [6.07, 6.45) is 9.84.